The third-order valence-electron chi connectivity index (χ3n) is 2.87. The molecule has 0 amide bonds. The Morgan fingerprint density at radius 3 is 2.61 bits per heavy atom. The minimum Gasteiger partial charge on any atom is -0.302 e. The van der Waals surface area contributed by atoms with E-state index in [1.807, 2.05) is 0 Å². The third-order valence-corrected chi connectivity index (χ3v) is 3.23. The van der Waals surface area contributed by atoms with E-state index in [2.05, 4.69) is 0 Å². The van der Waals surface area contributed by atoms with Gasteiger partial charge in [0.05, 0.1) is 0 Å². The van der Waals surface area contributed by atoms with E-state index < -0.39 is 12.5 Å². The highest BCUT2D eigenvalue weighted by Crippen LogP contribution is 2.22. The van der Waals surface area contributed by atoms with Gasteiger partial charge in [0.1, 0.15) is 5.15 Å². The average Bonchev–Trinajstić information content (AvgIpc) is 2.35. The molecular formula is C13H11ClFNO2. The molecule has 0 unspecified atom stereocenters. The van der Waals surface area contributed by atoms with E-state index in [4.69, 9.17) is 11.6 Å². The van der Waals surface area contributed by atoms with Crippen molar-refractivity contribution >= 4 is 28.2 Å². The topological polar surface area (TPSA) is 39.1 Å². The maximum Gasteiger partial charge on any atom is 0.259 e. The number of hydrogen-bond donors (Lipinski definition) is 0. The molecule has 0 saturated carbocycles. The van der Waals surface area contributed by atoms with Gasteiger partial charge in [-0.25, -0.2) is 4.39 Å². The molecule has 0 spiro atoms. The Morgan fingerprint density at radius 2 is 2.00 bits per heavy atom. The smallest absolute Gasteiger partial charge is 0.259 e. The number of nitrogens with zero attached hydrogens (tertiary/aromatic N) is 1. The Labute approximate surface area is 108 Å². The van der Waals surface area contributed by atoms with Gasteiger partial charge in [0, 0.05) is 23.4 Å². The van der Waals surface area contributed by atoms with Gasteiger partial charge in [0.15, 0.2) is 12.5 Å². The van der Waals surface area contributed by atoms with Gasteiger partial charge in [0.25, 0.3) is 5.56 Å². The van der Waals surface area contributed by atoms with Gasteiger partial charge in [-0.05, 0) is 30.7 Å². The highest BCUT2D eigenvalue weighted by molar-refractivity contribution is 6.30. The number of carbonyl (C=O) groups is 1. The minimum atomic E-state index is -1.09. The van der Waals surface area contributed by atoms with Crippen molar-refractivity contribution in [1.82, 2.24) is 4.57 Å². The van der Waals surface area contributed by atoms with Gasteiger partial charge in [0.2, 0.25) is 0 Å². The molecule has 0 radical (unpaired) electrons. The van der Waals surface area contributed by atoms with Crippen molar-refractivity contribution in [3.63, 3.8) is 0 Å². The molecule has 0 aliphatic rings. The maximum absolute atomic E-state index is 12.5. The molecule has 0 bridgehead atoms. The van der Waals surface area contributed by atoms with Crippen LogP contribution in [0.3, 0.4) is 0 Å². The van der Waals surface area contributed by atoms with E-state index in [1.165, 1.54) is 10.6 Å². The van der Waals surface area contributed by atoms with Gasteiger partial charge in [-0.1, -0.05) is 11.6 Å². The van der Waals surface area contributed by atoms with Crippen LogP contribution in [0.5, 0.6) is 0 Å². The zero-order valence-electron chi connectivity index (χ0n) is 9.96. The highest BCUT2D eigenvalue weighted by Gasteiger charge is 2.14. The van der Waals surface area contributed by atoms with Crippen molar-refractivity contribution < 1.29 is 9.18 Å². The lowest BCUT2D eigenvalue weighted by Gasteiger charge is -2.09. The molecule has 94 valence electrons. The number of rotatable bonds is 2. The fourth-order valence-electron chi connectivity index (χ4n) is 1.93. The van der Waals surface area contributed by atoms with Gasteiger partial charge >= 0.3 is 0 Å². The Bertz CT molecular complexity index is 706. The largest absolute Gasteiger partial charge is 0.302 e. The molecule has 2 rings (SSSR count). The molecule has 0 fully saturated rings. The lowest BCUT2D eigenvalue weighted by Crippen LogP contribution is -2.18. The molecule has 1 aromatic heterocycles. The molecule has 0 atom stereocenters. The normalized spacial score (nSPS) is 10.9. The number of hydrogen-bond acceptors (Lipinski definition) is 2. The van der Waals surface area contributed by atoms with Crippen molar-refractivity contribution in [1.29, 1.82) is 0 Å². The molecule has 0 aliphatic carbocycles. The predicted molar refractivity (Wildman–Crippen MR) is 69.2 cm³/mol. The molecule has 2 aromatic rings. The van der Waals surface area contributed by atoms with Crippen LogP contribution in [0, 0.1) is 6.92 Å². The molecule has 0 saturated heterocycles. The summed E-state index contributed by atoms with van der Waals surface area (Å²) in [6, 6.07) is 4.75. The van der Waals surface area contributed by atoms with Crippen molar-refractivity contribution in [3.8, 4) is 0 Å². The summed E-state index contributed by atoms with van der Waals surface area (Å²) in [7, 11) is 1.54. The second-order valence-electron chi connectivity index (χ2n) is 4.16. The molecule has 3 nitrogen and oxygen atoms in total. The third kappa shape index (κ3) is 1.93. The van der Waals surface area contributed by atoms with Gasteiger partial charge in [-0.3, -0.25) is 9.59 Å². The van der Waals surface area contributed by atoms with Crippen molar-refractivity contribution in [2.45, 2.75) is 6.92 Å². The summed E-state index contributed by atoms with van der Waals surface area (Å²) < 4.78 is 13.8. The quantitative estimate of drug-likeness (QED) is 0.620. The fourth-order valence-corrected chi connectivity index (χ4v) is 2.11. The highest BCUT2D eigenvalue weighted by atomic mass is 35.5. The average molecular weight is 268 g/mol. The van der Waals surface area contributed by atoms with Gasteiger partial charge in [-0.2, -0.15) is 0 Å². The van der Waals surface area contributed by atoms with Crippen LogP contribution in [-0.2, 0) is 7.05 Å². The fraction of sp³-hybridized carbons (Fsp3) is 0.231. The molecule has 18 heavy (non-hydrogen) atoms. The molecular weight excluding hydrogens is 257 g/mol. The summed E-state index contributed by atoms with van der Waals surface area (Å²) in [5, 5.41) is 0.985. The molecule has 0 aliphatic heterocycles. The first-order chi connectivity index (χ1) is 8.45. The summed E-state index contributed by atoms with van der Waals surface area (Å²) in [6.45, 7) is 0.661. The summed E-state index contributed by atoms with van der Waals surface area (Å²) in [4.78, 5) is 23.6. The Kier molecular flexibility index (Phi) is 3.22. The molecule has 5 heteroatoms. The predicted octanol–water partition coefficient (Wildman–Crippen LogP) is 2.65. The minimum absolute atomic E-state index is 0.201. The first kappa shape index (κ1) is 12.8. The van der Waals surface area contributed by atoms with Crippen molar-refractivity contribution in [2.24, 2.45) is 7.05 Å². The number of alkyl halides is 1. The Morgan fingerprint density at radius 1 is 1.33 bits per heavy atom. The zero-order valence-corrected chi connectivity index (χ0v) is 10.7. The Hall–Kier alpha value is -1.68. The molecule has 1 aromatic carbocycles. The van der Waals surface area contributed by atoms with Crippen LogP contribution < -0.4 is 5.56 Å². The number of benzene rings is 1. The monoisotopic (exact) mass is 267 g/mol. The van der Waals surface area contributed by atoms with E-state index in [-0.39, 0.29) is 16.3 Å². The van der Waals surface area contributed by atoms with E-state index in [9.17, 15) is 14.0 Å². The summed E-state index contributed by atoms with van der Waals surface area (Å²) >= 11 is 5.91. The van der Waals surface area contributed by atoms with E-state index in [0.717, 1.165) is 5.56 Å². The number of ketones is 1. The van der Waals surface area contributed by atoms with Gasteiger partial charge < -0.3 is 4.57 Å². The number of halogens is 2. The maximum atomic E-state index is 12.5. The number of fused-ring (bicyclic) bond motifs is 1. The van der Waals surface area contributed by atoms with Crippen LogP contribution in [0.25, 0.3) is 10.8 Å². The molecule has 0 N–H and O–H groups in total. The summed E-state index contributed by atoms with van der Waals surface area (Å²) in [5.74, 6) is -0.645. The van der Waals surface area contributed by atoms with Crippen LogP contribution in [-0.4, -0.2) is 17.0 Å². The summed E-state index contributed by atoms with van der Waals surface area (Å²) in [6.07, 6.45) is 0. The van der Waals surface area contributed by atoms with Crippen LogP contribution in [0.1, 0.15) is 15.9 Å². The number of carbonyl (C=O) groups excluding carboxylic acids is 1. The SMILES string of the molecule is Cc1cc(C(=O)CF)c2cc(Cl)n(C)c(=O)c2c1. The van der Waals surface area contributed by atoms with Crippen LogP contribution >= 0.6 is 11.6 Å². The van der Waals surface area contributed by atoms with Crippen LogP contribution in [0.2, 0.25) is 5.15 Å². The lowest BCUT2D eigenvalue weighted by molar-refractivity contribution is 0.0960. The number of pyridine rings is 1. The van der Waals surface area contributed by atoms with Crippen LogP contribution in [0.4, 0.5) is 4.39 Å². The zero-order chi connectivity index (χ0) is 13.4. The van der Waals surface area contributed by atoms with E-state index >= 15 is 0 Å². The van der Waals surface area contributed by atoms with Gasteiger partial charge in [-0.15, -0.1) is 0 Å². The number of aryl methyl sites for hydroxylation is 1. The van der Waals surface area contributed by atoms with Crippen LogP contribution in [0.15, 0.2) is 23.0 Å². The van der Waals surface area contributed by atoms with Crippen molar-refractivity contribution in [3.05, 3.63) is 44.8 Å². The first-order valence-electron chi connectivity index (χ1n) is 5.34. The second kappa shape index (κ2) is 4.53. The standard InChI is InChI=1S/C13H11ClFNO2/c1-7-3-9(11(17)6-15)8-5-12(14)16(2)13(18)10(8)4-7/h3-5H,6H2,1-2H3. The van der Waals surface area contributed by atoms with Crippen molar-refractivity contribution in [2.75, 3.05) is 6.67 Å². The lowest BCUT2D eigenvalue weighted by atomic mass is 10.0. The Balaban J connectivity index is 2.97. The number of aromatic nitrogens is 1. The first-order valence-corrected chi connectivity index (χ1v) is 5.72. The second-order valence-corrected chi connectivity index (χ2v) is 4.55. The number of Topliss-reactive ketones (excluding diaryl/α,β-unsaturated/α-hetero) is 1. The summed E-state index contributed by atoms with van der Waals surface area (Å²) in [5.41, 5.74) is 0.639. The van der Waals surface area contributed by atoms with E-state index in [0.29, 0.717) is 10.8 Å². The molecule has 1 heterocycles. The van der Waals surface area contributed by atoms with E-state index in [1.54, 1.807) is 26.1 Å².